The molecular weight excluding hydrogens is 288 g/mol. The van der Waals surface area contributed by atoms with Crippen molar-refractivity contribution in [2.45, 2.75) is 53.5 Å². The third-order valence-corrected chi connectivity index (χ3v) is 4.53. The molecule has 0 spiro atoms. The minimum absolute atomic E-state index is 0.0197. The lowest BCUT2D eigenvalue weighted by atomic mass is 9.93. The first kappa shape index (κ1) is 17.5. The molecule has 0 aliphatic carbocycles. The van der Waals surface area contributed by atoms with Crippen molar-refractivity contribution in [3.05, 3.63) is 34.9 Å². The van der Waals surface area contributed by atoms with Crippen molar-refractivity contribution >= 4 is 11.8 Å². The minimum atomic E-state index is -0.338. The van der Waals surface area contributed by atoms with Crippen LogP contribution in [0, 0.1) is 19.3 Å². The van der Waals surface area contributed by atoms with E-state index in [1.165, 1.54) is 5.56 Å². The standard InChI is InChI=1S/C19H28N2O2/c1-13-6-7-15(12-14(13)2)17(22)20-16-8-10-21(11-9-16)18(23)19(3,4)5/h6-7,12,16H,8-11H2,1-5H3,(H,20,22). The molecule has 2 amide bonds. The highest BCUT2D eigenvalue weighted by Gasteiger charge is 2.30. The zero-order valence-electron chi connectivity index (χ0n) is 14.9. The van der Waals surface area contributed by atoms with E-state index in [0.29, 0.717) is 18.7 Å². The Balaban J connectivity index is 1.90. The van der Waals surface area contributed by atoms with Gasteiger partial charge in [-0.15, -0.1) is 0 Å². The molecule has 1 aliphatic heterocycles. The van der Waals surface area contributed by atoms with E-state index in [2.05, 4.69) is 5.32 Å². The summed E-state index contributed by atoms with van der Waals surface area (Å²) >= 11 is 0. The van der Waals surface area contributed by atoms with Gasteiger partial charge in [0.15, 0.2) is 0 Å². The lowest BCUT2D eigenvalue weighted by molar-refractivity contribution is -0.140. The summed E-state index contributed by atoms with van der Waals surface area (Å²) in [6, 6.07) is 5.93. The molecule has 126 valence electrons. The molecule has 0 atom stereocenters. The Morgan fingerprint density at radius 3 is 2.22 bits per heavy atom. The fourth-order valence-corrected chi connectivity index (χ4v) is 2.85. The van der Waals surface area contributed by atoms with Crippen LogP contribution in [0.25, 0.3) is 0 Å². The number of likely N-dealkylation sites (tertiary alicyclic amines) is 1. The number of piperidine rings is 1. The van der Waals surface area contributed by atoms with Crippen LogP contribution < -0.4 is 5.32 Å². The molecule has 0 bridgehead atoms. The largest absolute Gasteiger partial charge is 0.349 e. The Hall–Kier alpha value is -1.84. The van der Waals surface area contributed by atoms with Gasteiger partial charge in [0.2, 0.25) is 5.91 Å². The summed E-state index contributed by atoms with van der Waals surface area (Å²) in [6.45, 7) is 11.3. The van der Waals surface area contributed by atoms with Gasteiger partial charge >= 0.3 is 0 Å². The van der Waals surface area contributed by atoms with Crippen molar-refractivity contribution in [3.8, 4) is 0 Å². The highest BCUT2D eigenvalue weighted by Crippen LogP contribution is 2.21. The minimum Gasteiger partial charge on any atom is -0.349 e. The Morgan fingerprint density at radius 1 is 1.09 bits per heavy atom. The number of rotatable bonds is 2. The molecule has 1 fully saturated rings. The van der Waals surface area contributed by atoms with Crippen molar-refractivity contribution in [2.75, 3.05) is 13.1 Å². The van der Waals surface area contributed by atoms with Crippen LogP contribution in [-0.2, 0) is 4.79 Å². The first-order valence-corrected chi connectivity index (χ1v) is 8.36. The van der Waals surface area contributed by atoms with Gasteiger partial charge in [-0.25, -0.2) is 0 Å². The van der Waals surface area contributed by atoms with Crippen molar-refractivity contribution < 1.29 is 9.59 Å². The van der Waals surface area contributed by atoms with Gasteiger partial charge in [-0.1, -0.05) is 26.8 Å². The molecule has 1 saturated heterocycles. The maximum atomic E-state index is 12.4. The van der Waals surface area contributed by atoms with Crippen molar-refractivity contribution in [1.82, 2.24) is 10.2 Å². The molecule has 0 radical (unpaired) electrons. The molecule has 1 N–H and O–H groups in total. The number of nitrogens with zero attached hydrogens (tertiary/aromatic N) is 1. The van der Waals surface area contributed by atoms with Crippen LogP contribution in [-0.4, -0.2) is 35.8 Å². The summed E-state index contributed by atoms with van der Waals surface area (Å²) in [5.41, 5.74) is 2.69. The van der Waals surface area contributed by atoms with Gasteiger partial charge in [0.25, 0.3) is 5.91 Å². The summed E-state index contributed by atoms with van der Waals surface area (Å²) in [4.78, 5) is 26.6. The fraction of sp³-hybridized carbons (Fsp3) is 0.579. The van der Waals surface area contributed by atoms with Crippen LogP contribution in [0.4, 0.5) is 0 Å². The van der Waals surface area contributed by atoms with E-state index in [1.807, 2.05) is 57.7 Å². The Morgan fingerprint density at radius 2 is 1.70 bits per heavy atom. The van der Waals surface area contributed by atoms with Crippen LogP contribution in [0.1, 0.15) is 55.1 Å². The number of carbonyl (C=O) groups is 2. The second kappa shape index (κ2) is 6.73. The summed E-state index contributed by atoms with van der Waals surface area (Å²) in [5, 5.41) is 3.10. The number of aryl methyl sites for hydroxylation is 2. The van der Waals surface area contributed by atoms with Gasteiger partial charge in [-0.3, -0.25) is 9.59 Å². The fourth-order valence-electron chi connectivity index (χ4n) is 2.85. The van der Waals surface area contributed by atoms with Gasteiger partial charge in [0.1, 0.15) is 0 Å². The van der Waals surface area contributed by atoms with Gasteiger partial charge in [-0.05, 0) is 49.9 Å². The average molecular weight is 316 g/mol. The molecule has 23 heavy (non-hydrogen) atoms. The Bertz CT molecular complexity index is 594. The van der Waals surface area contributed by atoms with Crippen molar-refractivity contribution in [2.24, 2.45) is 5.41 Å². The van der Waals surface area contributed by atoms with Gasteiger partial charge < -0.3 is 10.2 Å². The number of benzene rings is 1. The summed E-state index contributed by atoms with van der Waals surface area (Å²) in [5.74, 6) is 0.171. The van der Waals surface area contributed by atoms with Gasteiger partial charge in [0.05, 0.1) is 0 Å². The van der Waals surface area contributed by atoms with E-state index < -0.39 is 0 Å². The SMILES string of the molecule is Cc1ccc(C(=O)NC2CCN(C(=O)C(C)(C)C)CC2)cc1C. The molecule has 0 aromatic heterocycles. The number of hydrogen-bond acceptors (Lipinski definition) is 2. The van der Waals surface area contributed by atoms with Crippen LogP contribution in [0.15, 0.2) is 18.2 Å². The number of amides is 2. The second-order valence-corrected chi connectivity index (χ2v) is 7.59. The molecule has 2 rings (SSSR count). The van der Waals surface area contributed by atoms with Crippen LogP contribution in [0.3, 0.4) is 0 Å². The smallest absolute Gasteiger partial charge is 0.251 e. The van der Waals surface area contributed by atoms with E-state index in [-0.39, 0.29) is 23.3 Å². The zero-order valence-corrected chi connectivity index (χ0v) is 14.9. The monoisotopic (exact) mass is 316 g/mol. The van der Waals surface area contributed by atoms with Crippen molar-refractivity contribution in [3.63, 3.8) is 0 Å². The third-order valence-electron chi connectivity index (χ3n) is 4.53. The first-order chi connectivity index (χ1) is 10.7. The molecule has 1 aromatic carbocycles. The van der Waals surface area contributed by atoms with Crippen molar-refractivity contribution in [1.29, 1.82) is 0 Å². The summed E-state index contributed by atoms with van der Waals surface area (Å²) in [7, 11) is 0. The normalized spacial score (nSPS) is 16.3. The van der Waals surface area contributed by atoms with E-state index in [1.54, 1.807) is 0 Å². The highest BCUT2D eigenvalue weighted by atomic mass is 16.2. The lowest BCUT2D eigenvalue weighted by Crippen LogP contribution is -2.49. The van der Waals surface area contributed by atoms with E-state index in [0.717, 1.165) is 18.4 Å². The highest BCUT2D eigenvalue weighted by molar-refractivity contribution is 5.94. The van der Waals surface area contributed by atoms with E-state index in [4.69, 9.17) is 0 Å². The molecule has 4 heteroatoms. The average Bonchev–Trinajstić information content (AvgIpc) is 2.49. The summed E-state index contributed by atoms with van der Waals surface area (Å²) in [6.07, 6.45) is 1.64. The third kappa shape index (κ3) is 4.34. The molecule has 1 aromatic rings. The Kier molecular flexibility index (Phi) is 5.12. The number of hydrogen-bond donors (Lipinski definition) is 1. The number of carbonyl (C=O) groups excluding carboxylic acids is 2. The maximum Gasteiger partial charge on any atom is 0.251 e. The predicted octanol–water partition coefficient (Wildman–Crippen LogP) is 3.07. The molecular formula is C19H28N2O2. The van der Waals surface area contributed by atoms with E-state index in [9.17, 15) is 9.59 Å². The lowest BCUT2D eigenvalue weighted by Gasteiger charge is -2.36. The topological polar surface area (TPSA) is 49.4 Å². The molecule has 1 aliphatic rings. The van der Waals surface area contributed by atoms with E-state index >= 15 is 0 Å². The van der Waals surface area contributed by atoms with Crippen LogP contribution in [0.2, 0.25) is 0 Å². The summed E-state index contributed by atoms with van der Waals surface area (Å²) < 4.78 is 0. The Labute approximate surface area is 139 Å². The number of nitrogens with one attached hydrogen (secondary N) is 1. The zero-order chi connectivity index (χ0) is 17.2. The molecule has 0 saturated carbocycles. The molecule has 4 nitrogen and oxygen atoms in total. The van der Waals surface area contributed by atoms with Crippen LogP contribution in [0.5, 0.6) is 0 Å². The second-order valence-electron chi connectivity index (χ2n) is 7.59. The first-order valence-electron chi connectivity index (χ1n) is 8.36. The quantitative estimate of drug-likeness (QED) is 0.911. The maximum absolute atomic E-state index is 12.4. The predicted molar refractivity (Wildman–Crippen MR) is 92.4 cm³/mol. The molecule has 0 unspecified atom stereocenters. The van der Waals surface area contributed by atoms with Gasteiger partial charge in [-0.2, -0.15) is 0 Å². The molecule has 1 heterocycles. The van der Waals surface area contributed by atoms with Crippen LogP contribution >= 0.6 is 0 Å². The van der Waals surface area contributed by atoms with Gasteiger partial charge in [0, 0.05) is 30.1 Å².